The Balaban J connectivity index is 1.18. The molecule has 4 aliphatic rings. The molecule has 210 valence electrons. The molecule has 2 aromatic carbocycles. The minimum Gasteiger partial charge on any atom is -0.459 e. The highest BCUT2D eigenvalue weighted by atomic mass is 16.5. The van der Waals surface area contributed by atoms with Crippen LogP contribution in [0.15, 0.2) is 71.8 Å². The Labute approximate surface area is 237 Å². The van der Waals surface area contributed by atoms with Gasteiger partial charge in [-0.2, -0.15) is 0 Å². The van der Waals surface area contributed by atoms with Gasteiger partial charge in [0.2, 0.25) is 0 Å². The molecular formula is C35H40O5. The van der Waals surface area contributed by atoms with Crippen LogP contribution >= 0.6 is 0 Å². The summed E-state index contributed by atoms with van der Waals surface area (Å²) in [7, 11) is 0. The van der Waals surface area contributed by atoms with Crippen molar-refractivity contribution < 1.29 is 23.9 Å². The number of carbonyl (C=O) groups is 3. The number of benzene rings is 2. The fourth-order valence-corrected chi connectivity index (χ4v) is 8.88. The molecule has 4 aliphatic carbocycles. The zero-order valence-corrected chi connectivity index (χ0v) is 23.9. The van der Waals surface area contributed by atoms with Crippen LogP contribution in [-0.2, 0) is 14.3 Å². The number of hydrogen-bond donors (Lipinski definition) is 0. The molecule has 0 spiro atoms. The van der Waals surface area contributed by atoms with E-state index in [4.69, 9.17) is 9.47 Å². The standard InChI is InChI=1S/C35H40O5/c1-22(39-32(37)23-10-6-4-7-11-23)28-16-17-29-27-15-14-25-20-26(40-33(38)24-12-8-5-9-13-24)18-19-34(25,2)31(27)30(36)21-35(28,29)3/h4-13,22,25-26,28-29H,14-21H2,1-3H3/t22-,25-,26+,28-,29+,34+,35+/m0/s1. The Morgan fingerprint density at radius 1 is 0.875 bits per heavy atom. The lowest BCUT2D eigenvalue weighted by molar-refractivity contribution is -0.124. The molecule has 0 bridgehead atoms. The van der Waals surface area contributed by atoms with E-state index in [0.717, 1.165) is 50.5 Å². The minimum atomic E-state index is -0.292. The molecule has 2 saturated carbocycles. The first-order valence-corrected chi connectivity index (χ1v) is 15.0. The fraction of sp³-hybridized carbons (Fsp3) is 0.514. The summed E-state index contributed by atoms with van der Waals surface area (Å²) >= 11 is 0. The minimum absolute atomic E-state index is 0.104. The summed E-state index contributed by atoms with van der Waals surface area (Å²) in [6.45, 7) is 6.56. The Kier molecular flexibility index (Phi) is 6.96. The monoisotopic (exact) mass is 540 g/mol. The van der Waals surface area contributed by atoms with Gasteiger partial charge in [-0.25, -0.2) is 9.59 Å². The van der Waals surface area contributed by atoms with E-state index in [1.165, 1.54) is 5.57 Å². The first kappa shape index (κ1) is 27.0. The molecule has 6 rings (SSSR count). The van der Waals surface area contributed by atoms with E-state index in [-0.39, 0.29) is 46.7 Å². The second-order valence-corrected chi connectivity index (χ2v) is 13.0. The number of hydrogen-bond acceptors (Lipinski definition) is 5. The second kappa shape index (κ2) is 10.3. The third kappa shape index (κ3) is 4.52. The van der Waals surface area contributed by atoms with E-state index in [9.17, 15) is 14.4 Å². The lowest BCUT2D eigenvalue weighted by Crippen LogP contribution is -2.49. The molecule has 5 heteroatoms. The van der Waals surface area contributed by atoms with Crippen LogP contribution in [0.1, 0.15) is 92.9 Å². The van der Waals surface area contributed by atoms with Crippen molar-refractivity contribution in [3.63, 3.8) is 0 Å². The Morgan fingerprint density at radius 2 is 1.52 bits per heavy atom. The molecule has 0 unspecified atom stereocenters. The number of Topliss-reactive ketones (excluding diaryl/α,β-unsaturated/α-hetero) is 1. The second-order valence-electron chi connectivity index (χ2n) is 13.0. The topological polar surface area (TPSA) is 69.7 Å². The highest BCUT2D eigenvalue weighted by Crippen LogP contribution is 2.64. The lowest BCUT2D eigenvalue weighted by atomic mass is 9.50. The predicted molar refractivity (Wildman–Crippen MR) is 153 cm³/mol. The Hall–Kier alpha value is -3.21. The third-order valence-corrected chi connectivity index (χ3v) is 10.9. The molecule has 2 aromatic rings. The number of ketones is 1. The van der Waals surface area contributed by atoms with E-state index in [1.807, 2.05) is 43.3 Å². The van der Waals surface area contributed by atoms with Crippen molar-refractivity contribution in [2.24, 2.45) is 28.6 Å². The molecule has 0 aromatic heterocycles. The maximum absolute atomic E-state index is 14.0. The SMILES string of the molecule is C[C@H](OC(=O)c1ccccc1)[C@@H]1CC[C@@H]2C3=C(C(=O)C[C@@]21C)[C@]1(C)CC[C@@H](OC(=O)c2ccccc2)C[C@@H]1CC3. The third-order valence-electron chi connectivity index (χ3n) is 10.9. The average Bonchev–Trinajstić information content (AvgIpc) is 3.30. The molecule has 2 fully saturated rings. The van der Waals surface area contributed by atoms with Crippen molar-refractivity contribution >= 4 is 17.7 Å². The highest BCUT2D eigenvalue weighted by Gasteiger charge is 2.59. The van der Waals surface area contributed by atoms with Gasteiger partial charge in [0.15, 0.2) is 5.78 Å². The first-order valence-electron chi connectivity index (χ1n) is 15.0. The molecule has 40 heavy (non-hydrogen) atoms. The molecule has 7 atom stereocenters. The van der Waals surface area contributed by atoms with Gasteiger partial charge in [-0.1, -0.05) is 55.8 Å². The van der Waals surface area contributed by atoms with Crippen molar-refractivity contribution in [1.82, 2.24) is 0 Å². The van der Waals surface area contributed by atoms with Gasteiger partial charge in [0.1, 0.15) is 12.2 Å². The van der Waals surface area contributed by atoms with Crippen molar-refractivity contribution in [1.29, 1.82) is 0 Å². The van der Waals surface area contributed by atoms with E-state index < -0.39 is 0 Å². The summed E-state index contributed by atoms with van der Waals surface area (Å²) in [4.78, 5) is 39.6. The van der Waals surface area contributed by atoms with Gasteiger partial charge in [-0.3, -0.25) is 4.79 Å². The van der Waals surface area contributed by atoms with Crippen molar-refractivity contribution in [2.45, 2.75) is 84.3 Å². The molecule has 0 saturated heterocycles. The van der Waals surface area contributed by atoms with Gasteiger partial charge in [-0.15, -0.1) is 0 Å². The van der Waals surface area contributed by atoms with Crippen LogP contribution < -0.4 is 0 Å². The molecule has 0 aliphatic heterocycles. The maximum Gasteiger partial charge on any atom is 0.338 e. The predicted octanol–water partition coefficient (Wildman–Crippen LogP) is 7.36. The largest absolute Gasteiger partial charge is 0.459 e. The first-order chi connectivity index (χ1) is 19.2. The average molecular weight is 541 g/mol. The summed E-state index contributed by atoms with van der Waals surface area (Å²) in [6.07, 6.45) is 6.60. The number of esters is 2. The number of ether oxygens (including phenoxy) is 2. The van der Waals surface area contributed by atoms with Crippen molar-refractivity contribution in [3.05, 3.63) is 82.9 Å². The van der Waals surface area contributed by atoms with E-state index in [0.29, 0.717) is 29.4 Å². The number of allylic oxidation sites excluding steroid dienone is 2. The zero-order chi connectivity index (χ0) is 28.1. The van der Waals surface area contributed by atoms with Gasteiger partial charge in [0, 0.05) is 17.9 Å². The number of rotatable bonds is 5. The van der Waals surface area contributed by atoms with E-state index in [1.54, 1.807) is 24.3 Å². The van der Waals surface area contributed by atoms with E-state index >= 15 is 0 Å². The van der Waals surface area contributed by atoms with Gasteiger partial charge in [0.25, 0.3) is 0 Å². The fourth-order valence-electron chi connectivity index (χ4n) is 8.88. The van der Waals surface area contributed by atoms with Gasteiger partial charge >= 0.3 is 11.9 Å². The summed E-state index contributed by atoms with van der Waals surface area (Å²) in [5, 5.41) is 0. The molecule has 0 heterocycles. The van der Waals surface area contributed by atoms with Crippen LogP contribution in [0.4, 0.5) is 0 Å². The van der Waals surface area contributed by atoms with Gasteiger partial charge in [-0.05, 0) is 98.8 Å². The molecule has 0 amide bonds. The van der Waals surface area contributed by atoms with Crippen LogP contribution in [0, 0.1) is 28.6 Å². The van der Waals surface area contributed by atoms with E-state index in [2.05, 4.69) is 13.8 Å². The molecule has 0 N–H and O–H groups in total. The van der Waals surface area contributed by atoms with Crippen LogP contribution in [0.5, 0.6) is 0 Å². The number of fused-ring (bicyclic) bond motifs is 4. The maximum atomic E-state index is 14.0. The molecular weight excluding hydrogens is 500 g/mol. The van der Waals surface area contributed by atoms with Crippen molar-refractivity contribution in [2.75, 3.05) is 0 Å². The normalized spacial score (nSPS) is 33.8. The quantitative estimate of drug-likeness (QED) is 0.371. The van der Waals surface area contributed by atoms with Crippen LogP contribution in [0.2, 0.25) is 0 Å². The van der Waals surface area contributed by atoms with Crippen LogP contribution in [0.3, 0.4) is 0 Å². The lowest BCUT2D eigenvalue weighted by Gasteiger charge is -2.54. The van der Waals surface area contributed by atoms with Crippen molar-refractivity contribution in [3.8, 4) is 0 Å². The van der Waals surface area contributed by atoms with Gasteiger partial charge in [0.05, 0.1) is 11.1 Å². The smallest absolute Gasteiger partial charge is 0.338 e. The zero-order valence-electron chi connectivity index (χ0n) is 23.9. The summed E-state index contributed by atoms with van der Waals surface area (Å²) in [6, 6.07) is 18.3. The molecule has 0 radical (unpaired) electrons. The summed E-state index contributed by atoms with van der Waals surface area (Å²) in [5.41, 5.74) is 3.26. The Bertz CT molecular complexity index is 1330. The highest BCUT2D eigenvalue weighted by molar-refractivity contribution is 5.99. The van der Waals surface area contributed by atoms with Crippen LogP contribution in [0.25, 0.3) is 0 Å². The summed E-state index contributed by atoms with van der Waals surface area (Å²) in [5.74, 6) is 0.587. The molecule has 5 nitrogen and oxygen atoms in total. The van der Waals surface area contributed by atoms with Crippen LogP contribution in [-0.4, -0.2) is 29.9 Å². The van der Waals surface area contributed by atoms with Gasteiger partial charge < -0.3 is 9.47 Å². The Morgan fingerprint density at radius 3 is 2.20 bits per heavy atom. The summed E-state index contributed by atoms with van der Waals surface area (Å²) < 4.78 is 11.9. The number of carbonyl (C=O) groups excluding carboxylic acids is 3.